The lowest BCUT2D eigenvalue weighted by molar-refractivity contribution is -0.889. The van der Waals surface area contributed by atoms with Crippen LogP contribution in [0.1, 0.15) is 136 Å². The van der Waals surface area contributed by atoms with E-state index in [4.69, 9.17) is 14.2 Å². The van der Waals surface area contributed by atoms with E-state index in [1.165, 1.54) is 38.5 Å². The van der Waals surface area contributed by atoms with E-state index in [1.54, 1.807) is 21.1 Å². The minimum atomic E-state index is -1.14. The number of aliphatic carboxylic acids is 1. The Bertz CT molecular complexity index is 1310. The lowest BCUT2D eigenvalue weighted by Gasteiger charge is -2.34. The number of quaternary nitrogens is 1. The Morgan fingerprint density at radius 3 is 1.64 bits per heavy atom. The first-order valence-corrected chi connectivity index (χ1v) is 22.0. The monoisotopic (exact) mass is 806 g/mol. The normalized spacial score (nSPS) is 14.0. The van der Waals surface area contributed by atoms with Crippen LogP contribution in [0.25, 0.3) is 0 Å². The number of carboxylic acid groups (broad SMARTS) is 1. The highest BCUT2D eigenvalue weighted by molar-refractivity contribution is 5.70. The summed E-state index contributed by atoms with van der Waals surface area (Å²) < 4.78 is 17.1. The Hall–Kier alpha value is -4.01. The zero-order valence-corrected chi connectivity index (χ0v) is 36.9. The van der Waals surface area contributed by atoms with Crippen LogP contribution in [0.15, 0.2) is 109 Å². The molecule has 0 aromatic heterocycles. The van der Waals surface area contributed by atoms with Crippen molar-refractivity contribution in [2.45, 2.75) is 148 Å². The molecule has 0 radical (unpaired) electrons. The fourth-order valence-electron chi connectivity index (χ4n) is 5.65. The number of carbonyl (C=O) groups excluding carboxylic acids is 3. The molecule has 0 aromatic carbocycles. The molecule has 0 N–H and O–H groups in total. The zero-order chi connectivity index (χ0) is 42.8. The lowest BCUT2D eigenvalue weighted by Crippen LogP contribution is -2.55. The molecular formula is C50H79NO7. The van der Waals surface area contributed by atoms with E-state index in [2.05, 4.69) is 62.5 Å². The molecule has 8 heteroatoms. The maximum absolute atomic E-state index is 12.7. The predicted octanol–water partition coefficient (Wildman–Crippen LogP) is 10.7. The summed E-state index contributed by atoms with van der Waals surface area (Å²) in [5, 5.41) is 11.6. The molecule has 0 amide bonds. The Morgan fingerprint density at radius 1 is 0.552 bits per heavy atom. The first kappa shape index (κ1) is 54.0. The molecule has 0 heterocycles. The van der Waals surface area contributed by atoms with Crippen LogP contribution < -0.4 is 5.11 Å². The number of allylic oxidation sites excluding steroid dienone is 18. The van der Waals surface area contributed by atoms with Crippen molar-refractivity contribution < 1.29 is 38.2 Å². The minimum absolute atomic E-state index is 0.00202. The van der Waals surface area contributed by atoms with Crippen LogP contribution in [0.5, 0.6) is 0 Å². The number of likely N-dealkylation sites (N-methyl/N-ethyl adjacent to an activating group) is 1. The van der Waals surface area contributed by atoms with Crippen molar-refractivity contribution in [2.75, 3.05) is 41.0 Å². The molecule has 326 valence electrons. The first-order chi connectivity index (χ1) is 28.1. The maximum Gasteiger partial charge on any atom is 0.306 e. The molecule has 0 spiro atoms. The second kappa shape index (κ2) is 39.8. The number of hydrogen-bond acceptors (Lipinski definition) is 7. The van der Waals surface area contributed by atoms with Crippen molar-refractivity contribution in [3.8, 4) is 0 Å². The fourth-order valence-corrected chi connectivity index (χ4v) is 5.65. The molecule has 2 unspecified atom stereocenters. The van der Waals surface area contributed by atoms with E-state index < -0.39 is 18.1 Å². The number of rotatable bonds is 37. The van der Waals surface area contributed by atoms with Gasteiger partial charge in [-0.3, -0.25) is 9.59 Å². The Kier molecular flexibility index (Phi) is 37.0. The van der Waals surface area contributed by atoms with Gasteiger partial charge in [-0.05, 0) is 64.2 Å². The number of nitrogens with zero attached hydrogens (tertiary/aromatic N) is 1. The van der Waals surface area contributed by atoms with Crippen LogP contribution >= 0.6 is 0 Å². The summed E-state index contributed by atoms with van der Waals surface area (Å²) in [6.07, 6.45) is 54.1. The smallest absolute Gasteiger partial charge is 0.306 e. The number of hydrogen-bond donors (Lipinski definition) is 0. The molecule has 0 bridgehead atoms. The highest BCUT2D eigenvalue weighted by Crippen LogP contribution is 2.11. The van der Waals surface area contributed by atoms with Gasteiger partial charge in [0.05, 0.1) is 40.3 Å². The van der Waals surface area contributed by atoms with Crippen molar-refractivity contribution in [1.29, 1.82) is 0 Å². The second-order valence-corrected chi connectivity index (χ2v) is 15.3. The van der Waals surface area contributed by atoms with Gasteiger partial charge >= 0.3 is 11.9 Å². The summed E-state index contributed by atoms with van der Waals surface area (Å²) in [6, 6.07) is -0.749. The molecule has 0 aliphatic carbocycles. The van der Waals surface area contributed by atoms with Crippen molar-refractivity contribution in [3.05, 3.63) is 109 Å². The topological polar surface area (TPSA) is 102 Å². The van der Waals surface area contributed by atoms with Gasteiger partial charge in [-0.2, -0.15) is 0 Å². The molecular weight excluding hydrogens is 727 g/mol. The Balaban J connectivity index is 4.56. The fraction of sp³-hybridized carbons (Fsp3) is 0.580. The van der Waals surface area contributed by atoms with E-state index in [-0.39, 0.29) is 55.5 Å². The summed E-state index contributed by atoms with van der Waals surface area (Å²) >= 11 is 0. The second-order valence-electron chi connectivity index (χ2n) is 15.3. The quantitative estimate of drug-likeness (QED) is 0.0203. The van der Waals surface area contributed by atoms with Crippen LogP contribution in [-0.2, 0) is 28.6 Å². The molecule has 8 nitrogen and oxygen atoms in total. The van der Waals surface area contributed by atoms with Gasteiger partial charge < -0.3 is 28.6 Å². The Morgan fingerprint density at radius 2 is 1.05 bits per heavy atom. The number of unbranched alkanes of at least 4 members (excludes halogenated alkanes) is 10. The van der Waals surface area contributed by atoms with Gasteiger partial charge in [0.1, 0.15) is 12.6 Å². The van der Waals surface area contributed by atoms with Crippen molar-refractivity contribution in [2.24, 2.45) is 0 Å². The third-order valence-electron chi connectivity index (χ3n) is 9.05. The summed E-state index contributed by atoms with van der Waals surface area (Å²) in [7, 11) is 5.36. The lowest BCUT2D eigenvalue weighted by atomic mass is 10.1. The van der Waals surface area contributed by atoms with Crippen LogP contribution in [0.4, 0.5) is 0 Å². The van der Waals surface area contributed by atoms with E-state index in [1.807, 2.05) is 60.8 Å². The highest BCUT2D eigenvalue weighted by Gasteiger charge is 2.25. The molecule has 0 aliphatic heterocycles. The third-order valence-corrected chi connectivity index (χ3v) is 9.05. The van der Waals surface area contributed by atoms with E-state index in [9.17, 15) is 19.5 Å². The zero-order valence-electron chi connectivity index (χ0n) is 36.9. The highest BCUT2D eigenvalue weighted by atomic mass is 16.6. The molecule has 0 rings (SSSR count). The number of carboxylic acids is 1. The average Bonchev–Trinajstić information content (AvgIpc) is 3.18. The van der Waals surface area contributed by atoms with Gasteiger partial charge in [-0.15, -0.1) is 0 Å². The van der Waals surface area contributed by atoms with Gasteiger partial charge in [0.15, 0.2) is 6.10 Å². The predicted molar refractivity (Wildman–Crippen MR) is 240 cm³/mol. The Labute approximate surface area is 353 Å². The summed E-state index contributed by atoms with van der Waals surface area (Å²) in [5.41, 5.74) is 0. The average molecular weight is 806 g/mol. The first-order valence-electron chi connectivity index (χ1n) is 22.0. The van der Waals surface area contributed by atoms with Crippen molar-refractivity contribution in [1.82, 2.24) is 0 Å². The molecule has 0 fully saturated rings. The van der Waals surface area contributed by atoms with Gasteiger partial charge in [0, 0.05) is 19.3 Å². The molecule has 0 aliphatic rings. The van der Waals surface area contributed by atoms with Crippen LogP contribution in [0.2, 0.25) is 0 Å². The van der Waals surface area contributed by atoms with Gasteiger partial charge in [0.2, 0.25) is 0 Å². The van der Waals surface area contributed by atoms with E-state index in [0.29, 0.717) is 12.8 Å². The maximum atomic E-state index is 12.7. The minimum Gasteiger partial charge on any atom is -0.544 e. The van der Waals surface area contributed by atoms with Gasteiger partial charge in [-0.1, -0.05) is 162 Å². The van der Waals surface area contributed by atoms with Crippen LogP contribution in [0, 0.1) is 0 Å². The number of carbonyl (C=O) groups is 3. The van der Waals surface area contributed by atoms with E-state index in [0.717, 1.165) is 51.4 Å². The van der Waals surface area contributed by atoms with Gasteiger partial charge in [-0.25, -0.2) is 0 Å². The third kappa shape index (κ3) is 37.6. The number of esters is 2. The standard InChI is InChI=1S/C50H79NO7/c1-6-8-10-12-14-16-18-20-22-24-26-28-30-32-34-36-38-40-48(52)57-45-46(44-56-43-42-47(50(54)55)51(3,4)5)58-49(53)41-39-37-35-33-31-29-27-25-23-21-19-17-15-13-11-9-7-2/h8,10,12,14,16,18,20-24,26-30,33,35,46-47H,6-7,9,11,13,15,17,19,25,31-32,34,36-45H2,1-5H3/b10-8+,14-12+,18-16+,22-20+,23-21+,26-24+,29-27+,30-28+,35-33+. The van der Waals surface area contributed by atoms with Crippen LogP contribution in [0.3, 0.4) is 0 Å². The molecule has 58 heavy (non-hydrogen) atoms. The molecule has 2 atom stereocenters. The van der Waals surface area contributed by atoms with Crippen molar-refractivity contribution >= 4 is 17.9 Å². The summed E-state index contributed by atoms with van der Waals surface area (Å²) in [6.45, 7) is 4.38. The summed E-state index contributed by atoms with van der Waals surface area (Å²) in [5.74, 6) is -1.88. The summed E-state index contributed by atoms with van der Waals surface area (Å²) in [4.78, 5) is 36.8. The molecule has 0 saturated carbocycles. The number of ether oxygens (including phenoxy) is 3. The largest absolute Gasteiger partial charge is 0.544 e. The van der Waals surface area contributed by atoms with Crippen LogP contribution in [-0.4, -0.2) is 75.5 Å². The van der Waals surface area contributed by atoms with Gasteiger partial charge in [0.25, 0.3) is 0 Å². The van der Waals surface area contributed by atoms with Crippen molar-refractivity contribution in [3.63, 3.8) is 0 Å². The van der Waals surface area contributed by atoms with E-state index >= 15 is 0 Å². The molecule has 0 saturated heterocycles. The molecule has 0 aromatic rings. The SMILES string of the molecule is CC/C=C/C=C/C=C/C=C/C=C/C=C/CCCCCC(=O)OCC(COCCC(C(=O)[O-])[N+](C)(C)C)OC(=O)CCC/C=C/C/C=C/C/C=C/CCCCCCCC.